The first kappa shape index (κ1) is 12.9. The van der Waals surface area contributed by atoms with Gasteiger partial charge in [0.25, 0.3) is 0 Å². The van der Waals surface area contributed by atoms with Gasteiger partial charge in [-0.1, -0.05) is 23.7 Å². The monoisotopic (exact) mass is 269 g/mol. The summed E-state index contributed by atoms with van der Waals surface area (Å²) in [4.78, 5) is 24.1. The Bertz CT molecular complexity index is 503. The molecule has 2 N–H and O–H groups in total. The second-order valence-electron chi connectivity index (χ2n) is 4.15. The van der Waals surface area contributed by atoms with E-state index in [0.717, 1.165) is 0 Å². The van der Waals surface area contributed by atoms with Gasteiger partial charge >= 0.3 is 5.97 Å². The zero-order valence-electron chi connectivity index (χ0n) is 9.47. The van der Waals surface area contributed by atoms with Gasteiger partial charge < -0.3 is 15.1 Å². The van der Waals surface area contributed by atoms with Crippen molar-refractivity contribution >= 4 is 29.2 Å². The Morgan fingerprint density at radius 3 is 2.78 bits per heavy atom. The van der Waals surface area contributed by atoms with Crippen molar-refractivity contribution in [3.63, 3.8) is 0 Å². The predicted molar refractivity (Wildman–Crippen MR) is 65.5 cm³/mol. The molecule has 1 heterocycles. The van der Waals surface area contributed by atoms with Crippen molar-refractivity contribution in [3.05, 3.63) is 28.8 Å². The third-order valence-corrected chi connectivity index (χ3v) is 3.29. The van der Waals surface area contributed by atoms with Crippen LogP contribution in [-0.2, 0) is 16.2 Å². The Labute approximate surface area is 109 Å². The number of amides is 1. The van der Waals surface area contributed by atoms with Gasteiger partial charge in [-0.3, -0.25) is 9.59 Å². The van der Waals surface area contributed by atoms with Gasteiger partial charge in [-0.25, -0.2) is 0 Å². The number of halogens is 1. The lowest BCUT2D eigenvalue weighted by Crippen LogP contribution is -2.27. The molecule has 0 aliphatic carbocycles. The maximum atomic E-state index is 11.8. The minimum atomic E-state index is -0.997. The van der Waals surface area contributed by atoms with E-state index < -0.39 is 11.9 Å². The maximum Gasteiger partial charge on any atom is 0.308 e. The number of rotatable bonds is 3. The average molecular weight is 270 g/mol. The molecular formula is C12H12ClNO4. The first-order valence-electron chi connectivity index (χ1n) is 5.46. The van der Waals surface area contributed by atoms with Crippen molar-refractivity contribution in [3.8, 4) is 0 Å². The van der Waals surface area contributed by atoms with Crippen LogP contribution in [0, 0.1) is 5.92 Å². The van der Waals surface area contributed by atoms with Gasteiger partial charge in [-0.2, -0.15) is 0 Å². The van der Waals surface area contributed by atoms with Crippen LogP contribution in [0.2, 0.25) is 5.02 Å². The predicted octanol–water partition coefficient (Wildman–Crippen LogP) is 1.27. The van der Waals surface area contributed by atoms with Gasteiger partial charge in [0.15, 0.2) is 0 Å². The highest BCUT2D eigenvalue weighted by Crippen LogP contribution is 2.34. The highest BCUT2D eigenvalue weighted by atomic mass is 35.5. The first-order chi connectivity index (χ1) is 8.54. The number of anilines is 1. The Balaban J connectivity index is 2.38. The number of carboxylic acids is 1. The molecule has 0 bridgehead atoms. The fourth-order valence-electron chi connectivity index (χ4n) is 2.08. The molecule has 1 fully saturated rings. The number of benzene rings is 1. The number of nitrogens with zero attached hydrogens (tertiary/aromatic N) is 1. The van der Waals surface area contributed by atoms with E-state index in [2.05, 4.69) is 0 Å². The molecule has 96 valence electrons. The summed E-state index contributed by atoms with van der Waals surface area (Å²) in [5.41, 5.74) is 0.928. The number of hydrogen-bond donors (Lipinski definition) is 2. The molecule has 18 heavy (non-hydrogen) atoms. The van der Waals surface area contributed by atoms with E-state index in [1.54, 1.807) is 18.2 Å². The lowest BCUT2D eigenvalue weighted by molar-refractivity contribution is -0.141. The molecule has 0 saturated carbocycles. The number of carboxylic acid groups (broad SMARTS) is 1. The molecule has 1 aliphatic rings. The molecule has 0 radical (unpaired) electrons. The molecule has 1 aromatic rings. The van der Waals surface area contributed by atoms with Gasteiger partial charge in [0.1, 0.15) is 0 Å². The third-order valence-electron chi connectivity index (χ3n) is 2.98. The van der Waals surface area contributed by atoms with Crippen LogP contribution >= 0.6 is 11.6 Å². The topological polar surface area (TPSA) is 77.8 Å². The standard InChI is InChI=1S/C12H12ClNO4/c13-9-3-1-2-7(6-15)11(9)14-5-8(12(17)18)4-10(14)16/h1-3,8,15H,4-6H2,(H,17,18). The number of para-hydroxylation sites is 1. The molecule has 5 nitrogen and oxygen atoms in total. The lowest BCUT2D eigenvalue weighted by Gasteiger charge is -2.20. The van der Waals surface area contributed by atoms with Crippen molar-refractivity contribution in [2.24, 2.45) is 5.92 Å². The molecule has 1 unspecified atom stereocenters. The largest absolute Gasteiger partial charge is 0.481 e. The van der Waals surface area contributed by atoms with Crippen molar-refractivity contribution in [2.45, 2.75) is 13.0 Å². The number of carbonyl (C=O) groups is 2. The molecule has 2 rings (SSSR count). The summed E-state index contributed by atoms with van der Waals surface area (Å²) >= 11 is 6.03. The van der Waals surface area contributed by atoms with E-state index in [-0.39, 0.29) is 25.5 Å². The maximum absolute atomic E-state index is 11.8. The van der Waals surface area contributed by atoms with Gasteiger partial charge in [0.05, 0.1) is 23.2 Å². The van der Waals surface area contributed by atoms with Gasteiger partial charge in [0.2, 0.25) is 5.91 Å². The first-order valence-corrected chi connectivity index (χ1v) is 5.83. The third kappa shape index (κ3) is 2.19. The summed E-state index contributed by atoms with van der Waals surface area (Å²) in [6.07, 6.45) is -0.0363. The zero-order chi connectivity index (χ0) is 13.3. The SMILES string of the molecule is O=C(O)C1CC(=O)N(c2c(Cl)cccc2CO)C1. The molecule has 1 aromatic carbocycles. The van der Waals surface area contributed by atoms with Gasteiger partial charge in [-0.05, 0) is 6.07 Å². The number of aliphatic hydroxyl groups is 1. The fraction of sp³-hybridized carbons (Fsp3) is 0.333. The van der Waals surface area contributed by atoms with Gasteiger partial charge in [0, 0.05) is 18.5 Å². The van der Waals surface area contributed by atoms with Crippen LogP contribution in [0.1, 0.15) is 12.0 Å². The summed E-state index contributed by atoms with van der Waals surface area (Å²) < 4.78 is 0. The van der Waals surface area contributed by atoms with E-state index in [1.807, 2.05) is 0 Å². The number of aliphatic carboxylic acids is 1. The van der Waals surface area contributed by atoms with Crippen molar-refractivity contribution in [1.29, 1.82) is 0 Å². The summed E-state index contributed by atoms with van der Waals surface area (Å²) in [7, 11) is 0. The van der Waals surface area contributed by atoms with E-state index >= 15 is 0 Å². The summed E-state index contributed by atoms with van der Waals surface area (Å²) in [5.74, 6) is -2.01. The highest BCUT2D eigenvalue weighted by molar-refractivity contribution is 6.34. The van der Waals surface area contributed by atoms with Crippen LogP contribution in [0.3, 0.4) is 0 Å². The summed E-state index contributed by atoms with van der Waals surface area (Å²) in [6, 6.07) is 4.94. The molecule has 1 atom stereocenters. The zero-order valence-corrected chi connectivity index (χ0v) is 10.2. The van der Waals surface area contributed by atoms with Gasteiger partial charge in [-0.15, -0.1) is 0 Å². The fourth-order valence-corrected chi connectivity index (χ4v) is 2.38. The van der Waals surface area contributed by atoms with Crippen molar-refractivity contribution in [1.82, 2.24) is 0 Å². The number of aliphatic hydroxyl groups excluding tert-OH is 1. The molecule has 0 spiro atoms. The average Bonchev–Trinajstić information content (AvgIpc) is 2.71. The smallest absolute Gasteiger partial charge is 0.308 e. The molecule has 1 saturated heterocycles. The Hall–Kier alpha value is -1.59. The van der Waals surface area contributed by atoms with E-state index in [9.17, 15) is 14.7 Å². The molecule has 0 aromatic heterocycles. The van der Waals surface area contributed by atoms with E-state index in [0.29, 0.717) is 16.3 Å². The highest BCUT2D eigenvalue weighted by Gasteiger charge is 2.36. The molecular weight excluding hydrogens is 258 g/mol. The van der Waals surface area contributed by atoms with Crippen molar-refractivity contribution in [2.75, 3.05) is 11.4 Å². The van der Waals surface area contributed by atoms with Crippen LogP contribution < -0.4 is 4.90 Å². The summed E-state index contributed by atoms with van der Waals surface area (Å²) in [5, 5.41) is 18.5. The number of hydrogen-bond acceptors (Lipinski definition) is 3. The summed E-state index contributed by atoms with van der Waals surface area (Å²) in [6.45, 7) is -0.164. The minimum Gasteiger partial charge on any atom is -0.481 e. The molecule has 1 aliphatic heterocycles. The quantitative estimate of drug-likeness (QED) is 0.866. The molecule has 6 heteroatoms. The second kappa shape index (κ2) is 4.96. The van der Waals surface area contributed by atoms with E-state index in [4.69, 9.17) is 16.7 Å². The Morgan fingerprint density at radius 2 is 2.22 bits per heavy atom. The van der Waals surface area contributed by atoms with Crippen LogP contribution in [0.4, 0.5) is 5.69 Å². The van der Waals surface area contributed by atoms with E-state index in [1.165, 1.54) is 4.90 Å². The number of carbonyl (C=O) groups excluding carboxylic acids is 1. The normalized spacial score (nSPS) is 19.3. The van der Waals surface area contributed by atoms with Crippen LogP contribution in [0.15, 0.2) is 18.2 Å². The minimum absolute atomic E-state index is 0.0363. The van der Waals surface area contributed by atoms with Crippen molar-refractivity contribution < 1.29 is 19.8 Å². The molecule has 1 amide bonds. The van der Waals surface area contributed by atoms with Crippen LogP contribution in [0.5, 0.6) is 0 Å². The Kier molecular flexibility index (Phi) is 3.54. The lowest BCUT2D eigenvalue weighted by atomic mass is 10.1. The van der Waals surface area contributed by atoms with Crippen LogP contribution in [0.25, 0.3) is 0 Å². The second-order valence-corrected chi connectivity index (χ2v) is 4.56. The van der Waals surface area contributed by atoms with Crippen LogP contribution in [-0.4, -0.2) is 28.6 Å². The Morgan fingerprint density at radius 1 is 1.50 bits per heavy atom.